The van der Waals surface area contributed by atoms with Crippen molar-refractivity contribution in [3.05, 3.63) is 40.9 Å². The fraction of sp³-hybridized carbons (Fsp3) is 0.542. The molecule has 3 heterocycles. The van der Waals surface area contributed by atoms with Gasteiger partial charge in [0.2, 0.25) is 5.91 Å². The Bertz CT molecular complexity index is 955. The standard InChI is InChI=1S/C24H32N4O4S/c25-23-27-18(16-33-23)15-21(29)28-11-8-24(9-12-28)7-3-4-13-31-14-10-26-22(30)19-5-1-2-6-20(19)32-17-24/h1-2,5-6,16H,3-4,7-15,17H2,(H2,25,27)(H,26,30). The smallest absolute Gasteiger partial charge is 0.255 e. The van der Waals surface area contributed by atoms with Crippen LogP contribution < -0.4 is 15.8 Å². The van der Waals surface area contributed by atoms with Gasteiger partial charge in [0.05, 0.1) is 30.9 Å². The summed E-state index contributed by atoms with van der Waals surface area (Å²) >= 11 is 1.36. The van der Waals surface area contributed by atoms with E-state index in [4.69, 9.17) is 15.2 Å². The summed E-state index contributed by atoms with van der Waals surface area (Å²) in [5.41, 5.74) is 6.94. The van der Waals surface area contributed by atoms with Crippen molar-refractivity contribution < 1.29 is 19.1 Å². The lowest BCUT2D eigenvalue weighted by Gasteiger charge is -2.42. The van der Waals surface area contributed by atoms with Crippen LogP contribution in [0.25, 0.3) is 0 Å². The molecular formula is C24H32N4O4S. The van der Waals surface area contributed by atoms with Crippen molar-refractivity contribution in [1.29, 1.82) is 0 Å². The number of anilines is 1. The summed E-state index contributed by atoms with van der Waals surface area (Å²) in [6, 6.07) is 7.37. The van der Waals surface area contributed by atoms with Crippen LogP contribution >= 0.6 is 11.3 Å². The van der Waals surface area contributed by atoms with Gasteiger partial charge in [0.25, 0.3) is 5.91 Å². The molecule has 33 heavy (non-hydrogen) atoms. The summed E-state index contributed by atoms with van der Waals surface area (Å²) in [7, 11) is 0. The van der Waals surface area contributed by atoms with Gasteiger partial charge in [0, 0.05) is 37.0 Å². The zero-order valence-electron chi connectivity index (χ0n) is 18.9. The van der Waals surface area contributed by atoms with Gasteiger partial charge in [-0.1, -0.05) is 18.6 Å². The lowest BCUT2D eigenvalue weighted by Crippen LogP contribution is -2.46. The third-order valence-electron chi connectivity index (χ3n) is 6.52. The Labute approximate surface area is 198 Å². The highest BCUT2D eigenvalue weighted by molar-refractivity contribution is 7.13. The van der Waals surface area contributed by atoms with Crippen molar-refractivity contribution in [2.45, 2.75) is 38.5 Å². The van der Waals surface area contributed by atoms with Gasteiger partial charge in [-0.05, 0) is 37.8 Å². The topological polar surface area (TPSA) is 107 Å². The maximum absolute atomic E-state index is 12.8. The van der Waals surface area contributed by atoms with E-state index in [1.165, 1.54) is 11.3 Å². The van der Waals surface area contributed by atoms with Gasteiger partial charge in [0.1, 0.15) is 5.75 Å². The lowest BCUT2D eigenvalue weighted by atomic mass is 9.75. The molecule has 0 bridgehead atoms. The zero-order chi connectivity index (χ0) is 23.1. The summed E-state index contributed by atoms with van der Waals surface area (Å²) < 4.78 is 12.0. The minimum absolute atomic E-state index is 0.0322. The number of carbonyl (C=O) groups is 2. The molecule has 0 saturated carbocycles. The van der Waals surface area contributed by atoms with Crippen LogP contribution in [-0.4, -0.2) is 61.2 Å². The van der Waals surface area contributed by atoms with Crippen molar-refractivity contribution in [3.63, 3.8) is 0 Å². The van der Waals surface area contributed by atoms with Gasteiger partial charge in [-0.15, -0.1) is 11.3 Å². The Kier molecular flexibility index (Phi) is 7.82. The Hall–Kier alpha value is -2.65. The van der Waals surface area contributed by atoms with Crippen LogP contribution in [0.5, 0.6) is 5.75 Å². The van der Waals surface area contributed by atoms with Gasteiger partial charge >= 0.3 is 0 Å². The molecule has 2 aliphatic rings. The minimum atomic E-state index is -0.150. The van der Waals surface area contributed by atoms with Crippen molar-refractivity contribution in [1.82, 2.24) is 15.2 Å². The second-order valence-corrected chi connectivity index (χ2v) is 9.73. The fourth-order valence-electron chi connectivity index (χ4n) is 4.52. The molecular weight excluding hydrogens is 440 g/mol. The van der Waals surface area contributed by atoms with Crippen LogP contribution in [0, 0.1) is 5.41 Å². The molecule has 2 amide bonds. The summed E-state index contributed by atoms with van der Waals surface area (Å²) in [4.78, 5) is 31.5. The molecule has 2 aliphatic heterocycles. The number of carbonyl (C=O) groups excluding carboxylic acids is 2. The van der Waals surface area contributed by atoms with E-state index in [9.17, 15) is 9.59 Å². The third kappa shape index (κ3) is 6.23. The molecule has 1 saturated heterocycles. The predicted octanol–water partition coefficient (Wildman–Crippen LogP) is 2.89. The molecule has 4 rings (SSSR count). The minimum Gasteiger partial charge on any atom is -0.492 e. The molecule has 1 fully saturated rings. The monoisotopic (exact) mass is 472 g/mol. The molecule has 1 spiro atoms. The van der Waals surface area contributed by atoms with E-state index < -0.39 is 0 Å². The number of aromatic nitrogens is 1. The fourth-order valence-corrected chi connectivity index (χ4v) is 5.08. The van der Waals surface area contributed by atoms with Crippen molar-refractivity contribution in [2.24, 2.45) is 5.41 Å². The van der Waals surface area contributed by atoms with E-state index in [0.29, 0.717) is 55.9 Å². The first kappa shape index (κ1) is 23.5. The van der Waals surface area contributed by atoms with E-state index in [-0.39, 0.29) is 23.7 Å². The van der Waals surface area contributed by atoms with E-state index in [1.807, 2.05) is 28.5 Å². The number of likely N-dealkylation sites (tertiary alicyclic amines) is 1. The first-order valence-electron chi connectivity index (χ1n) is 11.6. The summed E-state index contributed by atoms with van der Waals surface area (Å²) in [5.74, 6) is 0.544. The number of fused-ring (bicyclic) bond motifs is 1. The number of hydrogen-bond donors (Lipinski definition) is 2. The largest absolute Gasteiger partial charge is 0.492 e. The maximum Gasteiger partial charge on any atom is 0.255 e. The summed E-state index contributed by atoms with van der Waals surface area (Å²) in [6.07, 6.45) is 5.05. The predicted molar refractivity (Wildman–Crippen MR) is 127 cm³/mol. The van der Waals surface area contributed by atoms with Crippen LogP contribution in [0.4, 0.5) is 5.13 Å². The van der Waals surface area contributed by atoms with Crippen LogP contribution in [-0.2, 0) is 16.0 Å². The number of hydrogen-bond acceptors (Lipinski definition) is 7. The number of para-hydroxylation sites is 1. The Morgan fingerprint density at radius 3 is 2.79 bits per heavy atom. The Balaban J connectivity index is 1.43. The highest BCUT2D eigenvalue weighted by Crippen LogP contribution is 2.38. The molecule has 178 valence electrons. The molecule has 1 aromatic carbocycles. The number of nitrogens with zero attached hydrogens (tertiary/aromatic N) is 2. The number of piperidine rings is 1. The van der Waals surface area contributed by atoms with Crippen LogP contribution in [0.3, 0.4) is 0 Å². The van der Waals surface area contributed by atoms with Gasteiger partial charge in [-0.3, -0.25) is 9.59 Å². The molecule has 0 unspecified atom stereocenters. The van der Waals surface area contributed by atoms with E-state index >= 15 is 0 Å². The summed E-state index contributed by atoms with van der Waals surface area (Å²) in [6.45, 7) is 3.59. The highest BCUT2D eigenvalue weighted by atomic mass is 32.1. The number of nitrogens with one attached hydrogen (secondary N) is 1. The van der Waals surface area contributed by atoms with Gasteiger partial charge in [-0.25, -0.2) is 4.98 Å². The van der Waals surface area contributed by atoms with Gasteiger partial charge in [0.15, 0.2) is 5.13 Å². The van der Waals surface area contributed by atoms with E-state index in [1.54, 1.807) is 6.07 Å². The molecule has 1 aromatic heterocycles. The quantitative estimate of drug-likeness (QED) is 0.696. The highest BCUT2D eigenvalue weighted by Gasteiger charge is 2.36. The Morgan fingerprint density at radius 1 is 1.18 bits per heavy atom. The average Bonchev–Trinajstić information content (AvgIpc) is 3.24. The van der Waals surface area contributed by atoms with Gasteiger partial charge in [-0.2, -0.15) is 0 Å². The van der Waals surface area contributed by atoms with Crippen molar-refractivity contribution >= 4 is 28.3 Å². The number of amides is 2. The molecule has 0 atom stereocenters. The molecule has 2 aromatic rings. The van der Waals surface area contributed by atoms with Gasteiger partial charge < -0.3 is 25.4 Å². The first-order chi connectivity index (χ1) is 16.0. The molecule has 8 nitrogen and oxygen atoms in total. The SMILES string of the molecule is Nc1nc(CC(=O)N2CCC3(CCCCOCCNC(=O)c4ccccc4OC3)CC2)cs1. The first-order valence-corrected chi connectivity index (χ1v) is 12.5. The second-order valence-electron chi connectivity index (χ2n) is 8.84. The van der Waals surface area contributed by atoms with Crippen LogP contribution in [0.15, 0.2) is 29.6 Å². The summed E-state index contributed by atoms with van der Waals surface area (Å²) in [5, 5.41) is 5.24. The number of nitrogens with two attached hydrogens (primary N) is 1. The lowest BCUT2D eigenvalue weighted by molar-refractivity contribution is -0.133. The number of rotatable bonds is 2. The third-order valence-corrected chi connectivity index (χ3v) is 7.24. The molecule has 3 N–H and O–H groups in total. The Morgan fingerprint density at radius 2 is 2.00 bits per heavy atom. The van der Waals surface area contributed by atoms with Crippen molar-refractivity contribution in [3.8, 4) is 5.75 Å². The van der Waals surface area contributed by atoms with Crippen molar-refractivity contribution in [2.75, 3.05) is 45.2 Å². The van der Waals surface area contributed by atoms with Crippen LogP contribution in [0.1, 0.15) is 48.2 Å². The molecule has 9 heteroatoms. The number of benzene rings is 1. The van der Waals surface area contributed by atoms with E-state index in [2.05, 4.69) is 10.3 Å². The zero-order valence-corrected chi connectivity index (χ0v) is 19.7. The van der Waals surface area contributed by atoms with Crippen LogP contribution in [0.2, 0.25) is 0 Å². The second kappa shape index (κ2) is 11.0. The maximum atomic E-state index is 12.8. The van der Waals surface area contributed by atoms with E-state index in [0.717, 1.165) is 37.8 Å². The molecule has 0 aliphatic carbocycles. The normalized spacial score (nSPS) is 19.8. The average molecular weight is 473 g/mol. The molecule has 0 radical (unpaired) electrons. The number of ether oxygens (including phenoxy) is 2. The number of thiazole rings is 1. The number of nitrogen functional groups attached to an aromatic ring is 1.